The summed E-state index contributed by atoms with van der Waals surface area (Å²) in [5, 5.41) is 2.74. The molecule has 2 aliphatic heterocycles. The zero-order valence-corrected chi connectivity index (χ0v) is 22.8. The maximum atomic E-state index is 14.2. The van der Waals surface area contributed by atoms with Gasteiger partial charge in [0.05, 0.1) is 23.9 Å². The van der Waals surface area contributed by atoms with Crippen molar-refractivity contribution in [3.63, 3.8) is 0 Å². The third-order valence-electron chi connectivity index (χ3n) is 7.24. The molecule has 3 aliphatic rings. The van der Waals surface area contributed by atoms with E-state index in [0.717, 1.165) is 34.6 Å². The predicted molar refractivity (Wildman–Crippen MR) is 146 cm³/mol. The van der Waals surface area contributed by atoms with E-state index in [9.17, 15) is 14.4 Å². The number of amides is 2. The summed E-state index contributed by atoms with van der Waals surface area (Å²) in [6.07, 6.45) is 2.37. The number of ether oxygens (including phenoxy) is 1. The minimum absolute atomic E-state index is 0.197. The molecule has 2 fully saturated rings. The Morgan fingerprint density at radius 2 is 1.84 bits per heavy atom. The molecule has 0 spiro atoms. The molecule has 6 rings (SSSR count). The van der Waals surface area contributed by atoms with Crippen LogP contribution in [0.25, 0.3) is 0 Å². The number of hydrogen-bond donors (Lipinski definition) is 0. The van der Waals surface area contributed by atoms with Crippen molar-refractivity contribution in [2.24, 2.45) is 5.92 Å². The zero-order valence-electron chi connectivity index (χ0n) is 20.5. The molecule has 0 unspecified atom stereocenters. The maximum Gasteiger partial charge on any atom is 0.341 e. The van der Waals surface area contributed by atoms with Gasteiger partial charge in [0.15, 0.2) is 6.10 Å². The lowest BCUT2D eigenvalue weighted by Gasteiger charge is -2.29. The fraction of sp³-hybridized carbons (Fsp3) is 0.321. The summed E-state index contributed by atoms with van der Waals surface area (Å²) in [5.74, 6) is -2.32. The van der Waals surface area contributed by atoms with E-state index in [-0.39, 0.29) is 6.61 Å². The molecule has 7 nitrogen and oxygen atoms in total. The summed E-state index contributed by atoms with van der Waals surface area (Å²) in [4.78, 5) is 49.5. The Bertz CT molecular complexity index is 1440. The number of hydroxylamine groups is 1. The van der Waals surface area contributed by atoms with E-state index < -0.39 is 35.8 Å². The average Bonchev–Trinajstić information content (AvgIpc) is 3.55. The van der Waals surface area contributed by atoms with Crippen LogP contribution < -0.4 is 9.96 Å². The largest absolute Gasteiger partial charge is 0.462 e. The first-order valence-corrected chi connectivity index (χ1v) is 14.1. The van der Waals surface area contributed by atoms with Crippen molar-refractivity contribution >= 4 is 63.0 Å². The van der Waals surface area contributed by atoms with Crippen LogP contribution in [0.2, 0.25) is 10.0 Å². The fourth-order valence-electron chi connectivity index (χ4n) is 5.59. The molecule has 2 amide bonds. The number of rotatable bonds is 5. The van der Waals surface area contributed by atoms with Gasteiger partial charge in [-0.3, -0.25) is 14.4 Å². The quantitative estimate of drug-likeness (QED) is 0.270. The summed E-state index contributed by atoms with van der Waals surface area (Å²) in [6.45, 7) is 1.93. The van der Waals surface area contributed by atoms with Gasteiger partial charge in [0.25, 0.3) is 5.91 Å². The molecule has 38 heavy (non-hydrogen) atoms. The lowest BCUT2D eigenvalue weighted by molar-refractivity contribution is -0.126. The number of aryl methyl sites for hydroxylation is 1. The third kappa shape index (κ3) is 4.02. The minimum Gasteiger partial charge on any atom is -0.462 e. The second kappa shape index (κ2) is 10.0. The summed E-state index contributed by atoms with van der Waals surface area (Å²) in [6, 6.07) is 13.6. The average molecular weight is 571 g/mol. The monoisotopic (exact) mass is 570 g/mol. The zero-order chi connectivity index (χ0) is 26.6. The molecule has 3 atom stereocenters. The Labute approximate surface area is 233 Å². The van der Waals surface area contributed by atoms with Gasteiger partial charge in [-0.05, 0) is 68.0 Å². The van der Waals surface area contributed by atoms with Crippen LogP contribution in [0.3, 0.4) is 0 Å². The number of para-hydroxylation sites is 1. The molecule has 2 saturated heterocycles. The molecule has 0 radical (unpaired) electrons. The van der Waals surface area contributed by atoms with Gasteiger partial charge >= 0.3 is 5.97 Å². The highest BCUT2D eigenvalue weighted by atomic mass is 35.5. The van der Waals surface area contributed by atoms with E-state index >= 15 is 0 Å². The first-order chi connectivity index (χ1) is 18.4. The van der Waals surface area contributed by atoms with Gasteiger partial charge < -0.3 is 4.74 Å². The number of fused-ring (bicyclic) bond motifs is 2. The summed E-state index contributed by atoms with van der Waals surface area (Å²) >= 11 is 14.1. The van der Waals surface area contributed by atoms with Crippen LogP contribution in [0, 0.1) is 5.92 Å². The molecule has 3 aromatic rings. The molecule has 3 heterocycles. The van der Waals surface area contributed by atoms with E-state index in [2.05, 4.69) is 0 Å². The van der Waals surface area contributed by atoms with E-state index in [0.29, 0.717) is 38.3 Å². The number of thiophene rings is 1. The lowest BCUT2D eigenvalue weighted by atomic mass is 9.90. The number of carbonyl (C=O) groups excluding carboxylic acids is 3. The van der Waals surface area contributed by atoms with Crippen molar-refractivity contribution in [1.82, 2.24) is 0 Å². The summed E-state index contributed by atoms with van der Waals surface area (Å²) in [7, 11) is 0. The van der Waals surface area contributed by atoms with Crippen LogP contribution in [-0.4, -0.2) is 30.5 Å². The molecule has 2 aromatic carbocycles. The minimum atomic E-state index is -1.08. The highest BCUT2D eigenvalue weighted by Gasteiger charge is 2.61. The normalized spacial score (nSPS) is 22.6. The Hall–Kier alpha value is -2.91. The number of hydrogen-bond acceptors (Lipinski definition) is 7. The van der Waals surface area contributed by atoms with E-state index in [1.807, 2.05) is 30.3 Å². The van der Waals surface area contributed by atoms with Gasteiger partial charge in [0.1, 0.15) is 10.9 Å². The number of anilines is 2. The topological polar surface area (TPSA) is 76.2 Å². The Morgan fingerprint density at radius 3 is 2.58 bits per heavy atom. The Morgan fingerprint density at radius 1 is 1.08 bits per heavy atom. The second-order valence-corrected chi connectivity index (χ2v) is 11.4. The van der Waals surface area contributed by atoms with Gasteiger partial charge in [0, 0.05) is 14.9 Å². The van der Waals surface area contributed by atoms with Crippen LogP contribution in [0.5, 0.6) is 0 Å². The number of carbonyl (C=O) groups is 3. The Kier molecular flexibility index (Phi) is 6.68. The first kappa shape index (κ1) is 25.4. The standard InChI is InChI=1S/C28H24Cl2N2O5S/c1-2-36-28(35)21-18-10-6-7-11-20(18)38-27(21)31-25(33)22-23(17-13-12-15(29)14-19(17)30)32(37-24(22)26(31)34)16-8-4-3-5-9-16/h3-5,8-9,12-14,22-24H,2,6-7,10-11H2,1H3/t22-,23+,24+/m1/s1. The number of benzene rings is 2. The van der Waals surface area contributed by atoms with E-state index in [1.54, 1.807) is 30.2 Å². The molecule has 0 bridgehead atoms. The molecule has 10 heteroatoms. The number of esters is 1. The van der Waals surface area contributed by atoms with E-state index in [1.165, 1.54) is 11.3 Å². The van der Waals surface area contributed by atoms with Crippen molar-refractivity contribution < 1.29 is 24.0 Å². The van der Waals surface area contributed by atoms with Gasteiger partial charge in [0.2, 0.25) is 5.91 Å². The molecule has 196 valence electrons. The van der Waals surface area contributed by atoms with Gasteiger partial charge in [-0.15, -0.1) is 11.3 Å². The van der Waals surface area contributed by atoms with Gasteiger partial charge in [-0.2, -0.15) is 0 Å². The van der Waals surface area contributed by atoms with Crippen molar-refractivity contribution in [2.45, 2.75) is 44.8 Å². The summed E-state index contributed by atoms with van der Waals surface area (Å²) < 4.78 is 5.36. The fourth-order valence-corrected chi connectivity index (χ4v) is 7.50. The van der Waals surface area contributed by atoms with E-state index in [4.69, 9.17) is 32.8 Å². The van der Waals surface area contributed by atoms with Crippen molar-refractivity contribution in [1.29, 1.82) is 0 Å². The van der Waals surface area contributed by atoms with Gasteiger partial charge in [-0.1, -0.05) is 47.5 Å². The molecular weight excluding hydrogens is 547 g/mol. The SMILES string of the molecule is CCOC(=O)c1c(N2C(=O)[C@H]3[C@H](ON(c4ccccc4)[C@H]3c3ccc(Cl)cc3Cl)C2=O)sc2c1CCCC2. The van der Waals surface area contributed by atoms with Crippen LogP contribution >= 0.6 is 34.5 Å². The first-order valence-electron chi connectivity index (χ1n) is 12.6. The summed E-state index contributed by atoms with van der Waals surface area (Å²) in [5.41, 5.74) is 2.51. The molecule has 0 saturated carbocycles. The molecule has 1 aliphatic carbocycles. The Balaban J connectivity index is 1.46. The maximum absolute atomic E-state index is 14.2. The lowest BCUT2D eigenvalue weighted by Crippen LogP contribution is -2.37. The van der Waals surface area contributed by atoms with Crippen LogP contribution in [0.15, 0.2) is 48.5 Å². The van der Waals surface area contributed by atoms with Crippen LogP contribution in [0.1, 0.15) is 52.2 Å². The highest BCUT2D eigenvalue weighted by Crippen LogP contribution is 2.51. The second-order valence-electron chi connectivity index (χ2n) is 9.45. The molecular formula is C28H24Cl2N2O5S. The smallest absolute Gasteiger partial charge is 0.341 e. The molecule has 1 aromatic heterocycles. The van der Waals surface area contributed by atoms with Gasteiger partial charge in [-0.25, -0.2) is 14.8 Å². The number of nitrogens with zero attached hydrogens (tertiary/aromatic N) is 2. The predicted octanol–water partition coefficient (Wildman–Crippen LogP) is 6.16. The third-order valence-corrected chi connectivity index (χ3v) is 9.08. The van der Waals surface area contributed by atoms with Crippen LogP contribution in [-0.2, 0) is 32.0 Å². The van der Waals surface area contributed by atoms with Crippen molar-refractivity contribution in [2.75, 3.05) is 16.6 Å². The van der Waals surface area contributed by atoms with Crippen molar-refractivity contribution in [3.05, 3.63) is 80.1 Å². The van der Waals surface area contributed by atoms with Crippen LogP contribution in [0.4, 0.5) is 10.7 Å². The molecule has 0 N–H and O–H groups in total. The highest BCUT2D eigenvalue weighted by molar-refractivity contribution is 7.17. The number of imide groups is 1. The van der Waals surface area contributed by atoms with Crippen molar-refractivity contribution in [3.8, 4) is 0 Å². The number of halogens is 2.